The summed E-state index contributed by atoms with van der Waals surface area (Å²) in [7, 11) is -3.03. The van der Waals surface area contributed by atoms with Gasteiger partial charge in [0.1, 0.15) is 13.2 Å². The molecule has 3 aliphatic heterocycles. The summed E-state index contributed by atoms with van der Waals surface area (Å²) in [5.74, 6) is 1.71. The largest absolute Gasteiger partial charge is 0.486 e. The average molecular weight is 354 g/mol. The molecule has 0 unspecified atom stereocenters. The molecule has 0 aromatic heterocycles. The van der Waals surface area contributed by atoms with E-state index in [1.807, 2.05) is 34.9 Å². The Morgan fingerprint density at radius 3 is 2.61 bits per heavy atom. The van der Waals surface area contributed by atoms with E-state index < -0.39 is 9.84 Å². The minimum atomic E-state index is -3.03. The minimum Gasteiger partial charge on any atom is -0.486 e. The van der Waals surface area contributed by atoms with Crippen molar-refractivity contribution in [2.75, 3.05) is 36.2 Å². The minimum absolute atomic E-state index is 0.0642. The first-order valence-electron chi connectivity index (χ1n) is 7.70. The molecule has 2 saturated heterocycles. The summed E-state index contributed by atoms with van der Waals surface area (Å²) in [6.45, 7) is 3.77. The molecule has 2 atom stereocenters. The van der Waals surface area contributed by atoms with Gasteiger partial charge in [-0.25, -0.2) is 8.42 Å². The maximum absolute atomic E-state index is 12.1. The number of fused-ring (bicyclic) bond motifs is 2. The monoisotopic (exact) mass is 354 g/mol. The molecule has 0 saturated carbocycles. The summed E-state index contributed by atoms with van der Waals surface area (Å²) in [4.78, 5) is 3.98. The van der Waals surface area contributed by atoms with E-state index in [2.05, 4.69) is 0 Å². The van der Waals surface area contributed by atoms with Gasteiger partial charge in [0.15, 0.2) is 26.4 Å². The highest BCUT2D eigenvalue weighted by atomic mass is 32.2. The number of anilines is 1. The van der Waals surface area contributed by atoms with Crippen LogP contribution in [0.5, 0.6) is 11.5 Å². The zero-order valence-corrected chi connectivity index (χ0v) is 14.4. The Balaban J connectivity index is 1.74. The van der Waals surface area contributed by atoms with Crippen LogP contribution in [0.2, 0.25) is 0 Å². The molecule has 0 amide bonds. The highest BCUT2D eigenvalue weighted by Gasteiger charge is 2.51. The van der Waals surface area contributed by atoms with Gasteiger partial charge in [0.05, 0.1) is 23.6 Å². The Kier molecular flexibility index (Phi) is 3.42. The summed E-state index contributed by atoms with van der Waals surface area (Å²) in [6.07, 6.45) is 0. The van der Waals surface area contributed by atoms with Gasteiger partial charge in [-0.05, 0) is 31.3 Å². The number of hydrogen-bond donors (Lipinski definition) is 0. The van der Waals surface area contributed by atoms with Crippen molar-refractivity contribution in [2.45, 2.75) is 19.0 Å². The summed E-state index contributed by atoms with van der Waals surface area (Å²) < 4.78 is 35.3. The SMILES string of the molecule is CCN1C(=S)N(c2ccc3c(c2)OCCO3)[C@H]2CS(=O)(=O)C[C@H]21. The Morgan fingerprint density at radius 1 is 1.17 bits per heavy atom. The van der Waals surface area contributed by atoms with Crippen LogP contribution in [-0.2, 0) is 9.84 Å². The molecule has 6 nitrogen and oxygen atoms in total. The first-order chi connectivity index (χ1) is 11.0. The van der Waals surface area contributed by atoms with Crippen molar-refractivity contribution in [3.63, 3.8) is 0 Å². The van der Waals surface area contributed by atoms with Gasteiger partial charge in [0.25, 0.3) is 0 Å². The van der Waals surface area contributed by atoms with Gasteiger partial charge < -0.3 is 19.3 Å². The number of benzene rings is 1. The predicted molar refractivity (Wildman–Crippen MR) is 91.1 cm³/mol. The normalized spacial score (nSPS) is 28.1. The van der Waals surface area contributed by atoms with Gasteiger partial charge in [-0.15, -0.1) is 0 Å². The molecule has 0 N–H and O–H groups in total. The van der Waals surface area contributed by atoms with Crippen LogP contribution in [0.15, 0.2) is 18.2 Å². The number of thiocarbonyl (C=S) groups is 1. The van der Waals surface area contributed by atoms with E-state index in [4.69, 9.17) is 21.7 Å². The number of nitrogens with zero attached hydrogens (tertiary/aromatic N) is 2. The van der Waals surface area contributed by atoms with E-state index in [-0.39, 0.29) is 23.6 Å². The Labute approximate surface area is 140 Å². The van der Waals surface area contributed by atoms with Crippen LogP contribution in [0.25, 0.3) is 0 Å². The van der Waals surface area contributed by atoms with Gasteiger partial charge in [-0.1, -0.05) is 0 Å². The van der Waals surface area contributed by atoms with Gasteiger partial charge >= 0.3 is 0 Å². The molecule has 124 valence electrons. The average Bonchev–Trinajstić information content (AvgIpc) is 2.95. The van der Waals surface area contributed by atoms with Crippen LogP contribution in [0.3, 0.4) is 0 Å². The molecule has 23 heavy (non-hydrogen) atoms. The summed E-state index contributed by atoms with van der Waals surface area (Å²) in [5, 5.41) is 0.689. The Hall–Kier alpha value is -1.54. The standard InChI is InChI=1S/C15H18N2O4S2/c1-2-16-11-8-23(18,19)9-12(11)17(15(16)22)10-3-4-13-14(7-10)21-6-5-20-13/h3-4,7,11-12H,2,5-6,8-9H2,1H3/t11-,12+/m1/s1. The fraction of sp³-hybridized carbons (Fsp3) is 0.533. The van der Waals surface area contributed by atoms with Crippen molar-refractivity contribution in [1.29, 1.82) is 0 Å². The lowest BCUT2D eigenvalue weighted by Crippen LogP contribution is -2.37. The highest BCUT2D eigenvalue weighted by molar-refractivity contribution is 7.91. The lowest BCUT2D eigenvalue weighted by atomic mass is 10.1. The maximum Gasteiger partial charge on any atom is 0.176 e. The van der Waals surface area contributed by atoms with Gasteiger partial charge in [-0.2, -0.15) is 0 Å². The second-order valence-electron chi connectivity index (χ2n) is 5.98. The zero-order valence-electron chi connectivity index (χ0n) is 12.8. The van der Waals surface area contributed by atoms with Crippen molar-refractivity contribution in [3.8, 4) is 11.5 Å². The van der Waals surface area contributed by atoms with E-state index in [1.165, 1.54) is 0 Å². The number of rotatable bonds is 2. The lowest BCUT2D eigenvalue weighted by molar-refractivity contribution is 0.171. The van der Waals surface area contributed by atoms with Crippen LogP contribution in [0, 0.1) is 0 Å². The molecule has 3 heterocycles. The van der Waals surface area contributed by atoms with Crippen LogP contribution >= 0.6 is 12.2 Å². The first-order valence-corrected chi connectivity index (χ1v) is 9.93. The molecule has 0 radical (unpaired) electrons. The van der Waals surface area contributed by atoms with Crippen molar-refractivity contribution >= 4 is 32.9 Å². The topological polar surface area (TPSA) is 59.1 Å². The molecular formula is C15H18N2O4S2. The number of sulfone groups is 1. The van der Waals surface area contributed by atoms with Crippen LogP contribution < -0.4 is 14.4 Å². The Morgan fingerprint density at radius 2 is 1.87 bits per heavy atom. The molecule has 1 aromatic rings. The molecule has 3 aliphatic rings. The number of likely N-dealkylation sites (N-methyl/N-ethyl adjacent to an activating group) is 1. The van der Waals surface area contributed by atoms with Crippen LogP contribution in [0.1, 0.15) is 6.92 Å². The molecule has 2 fully saturated rings. The third kappa shape index (κ3) is 2.35. The fourth-order valence-electron chi connectivity index (χ4n) is 3.63. The van der Waals surface area contributed by atoms with Gasteiger partial charge in [0, 0.05) is 18.3 Å². The Bertz CT molecular complexity index is 765. The van der Waals surface area contributed by atoms with E-state index in [0.717, 1.165) is 5.69 Å². The smallest absolute Gasteiger partial charge is 0.176 e. The van der Waals surface area contributed by atoms with E-state index >= 15 is 0 Å². The van der Waals surface area contributed by atoms with E-state index in [0.29, 0.717) is 36.4 Å². The highest BCUT2D eigenvalue weighted by Crippen LogP contribution is 2.39. The number of ether oxygens (including phenoxy) is 2. The lowest BCUT2D eigenvalue weighted by Gasteiger charge is -2.26. The third-order valence-corrected chi connectivity index (χ3v) is 6.75. The summed E-state index contributed by atoms with van der Waals surface area (Å²) in [6, 6.07) is 5.48. The van der Waals surface area contributed by atoms with Gasteiger partial charge in [0.2, 0.25) is 0 Å². The van der Waals surface area contributed by atoms with Crippen molar-refractivity contribution in [3.05, 3.63) is 18.2 Å². The molecule has 0 bridgehead atoms. The van der Waals surface area contributed by atoms with Crippen molar-refractivity contribution in [2.24, 2.45) is 0 Å². The van der Waals surface area contributed by atoms with E-state index in [9.17, 15) is 8.42 Å². The predicted octanol–water partition coefficient (Wildman–Crippen LogP) is 1.05. The summed E-state index contributed by atoms with van der Waals surface area (Å²) >= 11 is 5.61. The quantitative estimate of drug-likeness (QED) is 0.736. The zero-order chi connectivity index (χ0) is 16.2. The summed E-state index contributed by atoms with van der Waals surface area (Å²) in [5.41, 5.74) is 0.863. The van der Waals surface area contributed by atoms with Crippen molar-refractivity contribution < 1.29 is 17.9 Å². The molecule has 4 rings (SSSR count). The third-order valence-electron chi connectivity index (χ3n) is 4.62. The second kappa shape index (κ2) is 5.24. The molecule has 8 heteroatoms. The number of hydrogen-bond acceptors (Lipinski definition) is 5. The fourth-order valence-corrected chi connectivity index (χ4v) is 6.09. The molecular weight excluding hydrogens is 336 g/mol. The molecule has 0 aliphatic carbocycles. The molecule has 0 spiro atoms. The molecule has 1 aromatic carbocycles. The first kappa shape index (κ1) is 15.0. The van der Waals surface area contributed by atoms with Gasteiger partial charge in [-0.3, -0.25) is 0 Å². The second-order valence-corrected chi connectivity index (χ2v) is 8.50. The maximum atomic E-state index is 12.1. The van der Waals surface area contributed by atoms with Crippen LogP contribution in [-0.4, -0.2) is 61.8 Å². The van der Waals surface area contributed by atoms with Crippen LogP contribution in [0.4, 0.5) is 5.69 Å². The van der Waals surface area contributed by atoms with E-state index in [1.54, 1.807) is 0 Å². The van der Waals surface area contributed by atoms with Crippen molar-refractivity contribution in [1.82, 2.24) is 4.90 Å².